The molecule has 0 saturated heterocycles. The molecule has 4 aromatic carbocycles. The fourth-order valence-corrected chi connectivity index (χ4v) is 3.78. The van der Waals surface area contributed by atoms with Gasteiger partial charge in [-0.25, -0.2) is 0 Å². The second-order valence-electron chi connectivity index (χ2n) is 8.28. The van der Waals surface area contributed by atoms with Crippen LogP contribution in [0.2, 0.25) is 0 Å². The molecule has 2 amide bonds. The minimum atomic E-state index is -0.344. The summed E-state index contributed by atoms with van der Waals surface area (Å²) in [5, 5.41) is 2.86. The highest BCUT2D eigenvalue weighted by Gasteiger charge is 2.22. The number of hydrogen-bond acceptors (Lipinski definition) is 3. The van der Waals surface area contributed by atoms with Crippen molar-refractivity contribution >= 4 is 17.9 Å². The lowest BCUT2D eigenvalue weighted by Gasteiger charge is -2.25. The molecule has 36 heavy (non-hydrogen) atoms. The first-order valence-corrected chi connectivity index (χ1v) is 11.7. The monoisotopic (exact) mass is 476 g/mol. The van der Waals surface area contributed by atoms with E-state index in [1.165, 1.54) is 0 Å². The van der Waals surface area contributed by atoms with Crippen LogP contribution >= 0.6 is 0 Å². The maximum Gasteiger partial charge on any atom is 0.270 e. The van der Waals surface area contributed by atoms with Crippen LogP contribution in [-0.2, 0) is 17.9 Å². The molecule has 0 aliphatic carbocycles. The van der Waals surface area contributed by atoms with E-state index in [0.29, 0.717) is 24.4 Å². The summed E-state index contributed by atoms with van der Waals surface area (Å²) in [4.78, 5) is 28.8. The van der Waals surface area contributed by atoms with Crippen LogP contribution in [0.4, 0.5) is 0 Å². The van der Waals surface area contributed by atoms with E-state index in [2.05, 4.69) is 5.32 Å². The number of hydrogen-bond donors (Lipinski definition) is 1. The first kappa shape index (κ1) is 24.5. The van der Waals surface area contributed by atoms with Gasteiger partial charge in [-0.2, -0.15) is 0 Å². The van der Waals surface area contributed by atoms with Crippen LogP contribution in [0.1, 0.15) is 27.0 Å². The Labute approximate surface area is 211 Å². The topological polar surface area (TPSA) is 58.6 Å². The number of rotatable bonds is 9. The predicted octanol–water partition coefficient (Wildman–Crippen LogP) is 5.70. The van der Waals surface area contributed by atoms with Crippen LogP contribution in [0.3, 0.4) is 0 Å². The van der Waals surface area contributed by atoms with E-state index in [1.54, 1.807) is 42.4 Å². The van der Waals surface area contributed by atoms with Gasteiger partial charge in [-0.05, 0) is 47.0 Å². The van der Waals surface area contributed by atoms with Crippen molar-refractivity contribution in [2.45, 2.75) is 13.1 Å². The van der Waals surface area contributed by atoms with Crippen molar-refractivity contribution in [3.8, 4) is 5.75 Å². The van der Waals surface area contributed by atoms with Crippen molar-refractivity contribution in [1.82, 2.24) is 10.2 Å². The van der Waals surface area contributed by atoms with Gasteiger partial charge in [0, 0.05) is 18.7 Å². The van der Waals surface area contributed by atoms with Crippen molar-refractivity contribution in [2.75, 3.05) is 7.11 Å². The summed E-state index contributed by atoms with van der Waals surface area (Å²) in [6, 6.07) is 35.8. The summed E-state index contributed by atoms with van der Waals surface area (Å²) in [5.74, 6) is 0.0917. The number of nitrogens with zero attached hydrogens (tertiary/aromatic N) is 1. The van der Waals surface area contributed by atoms with Crippen LogP contribution < -0.4 is 10.1 Å². The highest BCUT2D eigenvalue weighted by molar-refractivity contribution is 6.05. The average molecular weight is 477 g/mol. The lowest BCUT2D eigenvalue weighted by atomic mass is 10.1. The Kier molecular flexibility index (Phi) is 8.28. The smallest absolute Gasteiger partial charge is 0.270 e. The summed E-state index contributed by atoms with van der Waals surface area (Å²) >= 11 is 0. The van der Waals surface area contributed by atoms with Gasteiger partial charge >= 0.3 is 0 Å². The van der Waals surface area contributed by atoms with Gasteiger partial charge in [-0.1, -0.05) is 91.0 Å². The molecule has 0 saturated carbocycles. The summed E-state index contributed by atoms with van der Waals surface area (Å²) in [6.45, 7) is 0.797. The quantitative estimate of drug-likeness (QED) is 0.316. The molecule has 0 spiro atoms. The second-order valence-corrected chi connectivity index (χ2v) is 8.28. The van der Waals surface area contributed by atoms with Gasteiger partial charge in [0.15, 0.2) is 0 Å². The largest absolute Gasteiger partial charge is 0.497 e. The molecule has 4 rings (SSSR count). The average Bonchev–Trinajstić information content (AvgIpc) is 2.94. The van der Waals surface area contributed by atoms with Crippen molar-refractivity contribution < 1.29 is 14.3 Å². The van der Waals surface area contributed by atoms with E-state index in [-0.39, 0.29) is 17.5 Å². The molecule has 5 nitrogen and oxygen atoms in total. The molecule has 0 fully saturated rings. The number of methoxy groups -OCH3 is 1. The fourth-order valence-electron chi connectivity index (χ4n) is 3.78. The van der Waals surface area contributed by atoms with Crippen LogP contribution in [0.5, 0.6) is 5.75 Å². The molecule has 0 aliphatic rings. The number of ether oxygens (including phenoxy) is 1. The lowest BCUT2D eigenvalue weighted by Crippen LogP contribution is -2.37. The number of amides is 2. The molecule has 4 aromatic rings. The highest BCUT2D eigenvalue weighted by atomic mass is 16.5. The van der Waals surface area contributed by atoms with Crippen molar-refractivity contribution in [3.63, 3.8) is 0 Å². The van der Waals surface area contributed by atoms with Crippen LogP contribution in [-0.4, -0.2) is 23.8 Å². The molecule has 0 radical (unpaired) electrons. The summed E-state index contributed by atoms with van der Waals surface area (Å²) in [7, 11) is 1.60. The number of carbonyl (C=O) groups excluding carboxylic acids is 2. The zero-order valence-electron chi connectivity index (χ0n) is 20.1. The van der Waals surface area contributed by atoms with Crippen LogP contribution in [0, 0.1) is 0 Å². The Bertz CT molecular complexity index is 1260. The Morgan fingerprint density at radius 1 is 0.722 bits per heavy atom. The lowest BCUT2D eigenvalue weighted by molar-refractivity contribution is -0.128. The summed E-state index contributed by atoms with van der Waals surface area (Å²) in [6.07, 6.45) is 1.70. The van der Waals surface area contributed by atoms with Gasteiger partial charge in [0.2, 0.25) is 0 Å². The van der Waals surface area contributed by atoms with Gasteiger partial charge < -0.3 is 15.0 Å². The minimum Gasteiger partial charge on any atom is -0.497 e. The molecule has 0 bridgehead atoms. The molecule has 0 atom stereocenters. The third kappa shape index (κ3) is 6.70. The Hall–Kier alpha value is -4.64. The van der Waals surface area contributed by atoms with Gasteiger partial charge in [0.1, 0.15) is 11.4 Å². The Balaban J connectivity index is 1.69. The molecule has 0 aliphatic heterocycles. The fraction of sp³-hybridized carbons (Fsp3) is 0.0968. The zero-order chi connectivity index (χ0) is 25.2. The third-order valence-electron chi connectivity index (χ3n) is 5.66. The van der Waals surface area contributed by atoms with Crippen molar-refractivity contribution in [2.24, 2.45) is 0 Å². The Morgan fingerprint density at radius 2 is 1.22 bits per heavy atom. The molecule has 0 aromatic heterocycles. The molecule has 0 heterocycles. The maximum atomic E-state index is 14.0. The zero-order valence-corrected chi connectivity index (χ0v) is 20.1. The van der Waals surface area contributed by atoms with E-state index in [1.807, 2.05) is 91.0 Å². The second kappa shape index (κ2) is 12.2. The maximum absolute atomic E-state index is 14.0. The van der Waals surface area contributed by atoms with Crippen LogP contribution in [0.25, 0.3) is 6.08 Å². The first-order valence-electron chi connectivity index (χ1n) is 11.7. The van der Waals surface area contributed by atoms with Crippen molar-refractivity contribution in [3.05, 3.63) is 143 Å². The SMILES string of the molecule is COc1ccc(/C=C(/NC(=O)c2ccccc2)C(=O)N(Cc2ccccc2)Cc2ccccc2)cc1. The van der Waals surface area contributed by atoms with E-state index >= 15 is 0 Å². The van der Waals surface area contributed by atoms with E-state index in [9.17, 15) is 9.59 Å². The normalized spacial score (nSPS) is 11.0. The molecular formula is C31H28N2O3. The molecular weight excluding hydrogens is 448 g/mol. The van der Waals surface area contributed by atoms with Gasteiger partial charge in [0.25, 0.3) is 11.8 Å². The summed E-state index contributed by atoms with van der Waals surface area (Å²) < 4.78 is 5.25. The van der Waals surface area contributed by atoms with Gasteiger partial charge in [-0.15, -0.1) is 0 Å². The van der Waals surface area contributed by atoms with Gasteiger partial charge in [0.05, 0.1) is 7.11 Å². The highest BCUT2D eigenvalue weighted by Crippen LogP contribution is 2.17. The Morgan fingerprint density at radius 3 is 1.72 bits per heavy atom. The standard InChI is InChI=1S/C31H28N2O3/c1-36-28-19-17-24(18-20-28)21-29(32-30(34)27-15-9-4-10-16-27)31(35)33(22-25-11-5-2-6-12-25)23-26-13-7-3-8-14-26/h2-21H,22-23H2,1H3,(H,32,34)/b29-21+. The number of nitrogens with one attached hydrogen (secondary N) is 1. The van der Waals surface area contributed by atoms with Crippen molar-refractivity contribution in [1.29, 1.82) is 0 Å². The number of carbonyl (C=O) groups is 2. The van der Waals surface area contributed by atoms with E-state index < -0.39 is 0 Å². The third-order valence-corrected chi connectivity index (χ3v) is 5.66. The molecule has 1 N–H and O–H groups in total. The van der Waals surface area contributed by atoms with E-state index in [0.717, 1.165) is 16.7 Å². The molecule has 0 unspecified atom stereocenters. The molecule has 180 valence electrons. The number of benzene rings is 4. The summed E-state index contributed by atoms with van der Waals surface area (Å²) in [5.41, 5.74) is 3.44. The van der Waals surface area contributed by atoms with Crippen LogP contribution in [0.15, 0.2) is 121 Å². The minimum absolute atomic E-state index is 0.195. The van der Waals surface area contributed by atoms with E-state index in [4.69, 9.17) is 4.74 Å². The first-order chi connectivity index (χ1) is 17.6. The molecule has 5 heteroatoms. The predicted molar refractivity (Wildman–Crippen MR) is 142 cm³/mol. The van der Waals surface area contributed by atoms with Gasteiger partial charge in [-0.3, -0.25) is 9.59 Å².